The summed E-state index contributed by atoms with van der Waals surface area (Å²) < 4.78 is 5.72. The van der Waals surface area contributed by atoms with Crippen LogP contribution in [0.2, 0.25) is 0 Å². The van der Waals surface area contributed by atoms with Crippen molar-refractivity contribution in [2.24, 2.45) is 0 Å². The van der Waals surface area contributed by atoms with Crippen molar-refractivity contribution in [1.29, 1.82) is 0 Å². The van der Waals surface area contributed by atoms with E-state index in [1.165, 1.54) is 0 Å². The van der Waals surface area contributed by atoms with Crippen LogP contribution in [0.25, 0.3) is 10.9 Å². The van der Waals surface area contributed by atoms with Gasteiger partial charge in [-0.1, -0.05) is 18.2 Å². The lowest BCUT2D eigenvalue weighted by atomic mass is 10.2. The highest BCUT2D eigenvalue weighted by atomic mass is 16.5. The molecule has 0 atom stereocenters. The second-order valence-corrected chi connectivity index (χ2v) is 3.64. The number of hydrogen-bond acceptors (Lipinski definition) is 3. The molecule has 0 aliphatic heterocycles. The fourth-order valence-corrected chi connectivity index (χ4v) is 1.62. The summed E-state index contributed by atoms with van der Waals surface area (Å²) in [5, 5.41) is 4.21. The molecular formula is C13H16N2O. The van der Waals surface area contributed by atoms with E-state index in [0.29, 0.717) is 0 Å². The molecule has 2 rings (SSSR count). The first-order chi connectivity index (χ1) is 7.92. The number of nitrogens with one attached hydrogen (secondary N) is 1. The molecule has 1 aromatic heterocycles. The Bertz CT molecular complexity index is 451. The van der Waals surface area contributed by atoms with Gasteiger partial charge in [-0.3, -0.25) is 4.98 Å². The van der Waals surface area contributed by atoms with Gasteiger partial charge in [-0.15, -0.1) is 0 Å². The number of para-hydroxylation sites is 1. The Labute approximate surface area is 95.5 Å². The van der Waals surface area contributed by atoms with Crippen molar-refractivity contribution in [3.8, 4) is 5.75 Å². The summed E-state index contributed by atoms with van der Waals surface area (Å²) in [7, 11) is 1.94. The van der Waals surface area contributed by atoms with Crippen molar-refractivity contribution in [1.82, 2.24) is 10.3 Å². The molecule has 84 valence electrons. The number of aromatic nitrogens is 1. The first-order valence-electron chi connectivity index (χ1n) is 5.53. The van der Waals surface area contributed by atoms with E-state index in [2.05, 4.69) is 10.3 Å². The molecule has 3 heteroatoms. The third kappa shape index (κ3) is 2.49. The van der Waals surface area contributed by atoms with Gasteiger partial charge in [0.15, 0.2) is 0 Å². The third-order valence-corrected chi connectivity index (χ3v) is 2.42. The maximum atomic E-state index is 5.72. The number of rotatable bonds is 5. The van der Waals surface area contributed by atoms with Crippen LogP contribution in [0.1, 0.15) is 6.42 Å². The summed E-state index contributed by atoms with van der Waals surface area (Å²) in [6.07, 6.45) is 2.79. The van der Waals surface area contributed by atoms with Crippen LogP contribution in [0.3, 0.4) is 0 Å². The smallest absolute Gasteiger partial charge is 0.145 e. The zero-order valence-electron chi connectivity index (χ0n) is 9.44. The molecular weight excluding hydrogens is 200 g/mol. The number of benzene rings is 1. The van der Waals surface area contributed by atoms with Gasteiger partial charge in [-0.2, -0.15) is 0 Å². The van der Waals surface area contributed by atoms with Crippen molar-refractivity contribution in [3.63, 3.8) is 0 Å². The maximum absolute atomic E-state index is 5.72. The van der Waals surface area contributed by atoms with Gasteiger partial charge >= 0.3 is 0 Å². The lowest BCUT2D eigenvalue weighted by Crippen LogP contribution is -2.11. The van der Waals surface area contributed by atoms with E-state index in [-0.39, 0.29) is 0 Å². The number of nitrogens with zero attached hydrogens (tertiary/aromatic N) is 1. The van der Waals surface area contributed by atoms with Crippen LogP contribution in [0.4, 0.5) is 0 Å². The number of ether oxygens (including phenoxy) is 1. The van der Waals surface area contributed by atoms with E-state index in [4.69, 9.17) is 4.74 Å². The molecule has 0 saturated heterocycles. The van der Waals surface area contributed by atoms with Gasteiger partial charge in [0.2, 0.25) is 0 Å². The van der Waals surface area contributed by atoms with Crippen LogP contribution < -0.4 is 10.1 Å². The highest BCUT2D eigenvalue weighted by Gasteiger charge is 2.01. The third-order valence-electron chi connectivity index (χ3n) is 2.42. The molecule has 2 aromatic rings. The molecule has 3 nitrogen and oxygen atoms in total. The van der Waals surface area contributed by atoms with Gasteiger partial charge in [0.05, 0.1) is 6.61 Å². The molecule has 16 heavy (non-hydrogen) atoms. The minimum atomic E-state index is 0.719. The maximum Gasteiger partial charge on any atom is 0.145 e. The minimum Gasteiger partial charge on any atom is -0.491 e. The highest BCUT2D eigenvalue weighted by molar-refractivity contribution is 5.84. The molecule has 0 aliphatic carbocycles. The molecule has 0 fully saturated rings. The van der Waals surface area contributed by atoms with Crippen LogP contribution in [-0.4, -0.2) is 25.2 Å². The second-order valence-electron chi connectivity index (χ2n) is 3.64. The molecule has 0 amide bonds. The lowest BCUT2D eigenvalue weighted by Gasteiger charge is -2.08. The summed E-state index contributed by atoms with van der Waals surface area (Å²) in [4.78, 5) is 4.34. The fraction of sp³-hybridized carbons (Fsp3) is 0.308. The number of fused-ring (bicyclic) bond motifs is 1. The molecule has 1 aromatic carbocycles. The molecule has 1 N–H and O–H groups in total. The summed E-state index contributed by atoms with van der Waals surface area (Å²) in [6.45, 7) is 1.69. The van der Waals surface area contributed by atoms with E-state index < -0.39 is 0 Å². The molecule has 0 radical (unpaired) electrons. The lowest BCUT2D eigenvalue weighted by molar-refractivity contribution is 0.313. The van der Waals surface area contributed by atoms with Crippen LogP contribution in [0.5, 0.6) is 5.75 Å². The van der Waals surface area contributed by atoms with Crippen LogP contribution in [-0.2, 0) is 0 Å². The second kappa shape index (κ2) is 5.47. The Morgan fingerprint density at radius 1 is 1.25 bits per heavy atom. The number of hydrogen-bond donors (Lipinski definition) is 1. The van der Waals surface area contributed by atoms with Gasteiger partial charge < -0.3 is 10.1 Å². The molecule has 1 heterocycles. The predicted octanol–water partition coefficient (Wildman–Crippen LogP) is 2.22. The van der Waals surface area contributed by atoms with Crippen molar-refractivity contribution >= 4 is 10.9 Å². The molecule has 0 unspecified atom stereocenters. The Balaban J connectivity index is 2.11. The first-order valence-corrected chi connectivity index (χ1v) is 5.53. The molecule has 0 aliphatic rings. The Kier molecular flexibility index (Phi) is 3.72. The van der Waals surface area contributed by atoms with E-state index in [9.17, 15) is 0 Å². The standard InChI is InChI=1S/C13H16N2O/c1-14-8-4-10-16-12-7-2-5-11-6-3-9-15-13(11)12/h2-3,5-7,9,14H,4,8,10H2,1H3. The van der Waals surface area contributed by atoms with Crippen molar-refractivity contribution < 1.29 is 4.74 Å². The topological polar surface area (TPSA) is 34.1 Å². The summed E-state index contributed by atoms with van der Waals surface area (Å²) in [5.41, 5.74) is 0.939. The summed E-state index contributed by atoms with van der Waals surface area (Å²) in [6, 6.07) is 9.99. The van der Waals surface area contributed by atoms with Gasteiger partial charge in [0, 0.05) is 11.6 Å². The SMILES string of the molecule is CNCCCOc1cccc2cccnc12. The average molecular weight is 216 g/mol. The number of pyridine rings is 1. The van der Waals surface area contributed by atoms with Crippen molar-refractivity contribution in [2.75, 3.05) is 20.2 Å². The quantitative estimate of drug-likeness (QED) is 0.778. The predicted molar refractivity (Wildman–Crippen MR) is 65.8 cm³/mol. The minimum absolute atomic E-state index is 0.719. The first kappa shape index (κ1) is 10.9. The van der Waals surface area contributed by atoms with E-state index in [1.807, 2.05) is 37.4 Å². The van der Waals surface area contributed by atoms with E-state index in [0.717, 1.165) is 36.2 Å². The molecule has 0 saturated carbocycles. The summed E-state index contributed by atoms with van der Waals surface area (Å²) >= 11 is 0. The van der Waals surface area contributed by atoms with Gasteiger partial charge in [0.1, 0.15) is 11.3 Å². The monoisotopic (exact) mass is 216 g/mol. The van der Waals surface area contributed by atoms with Crippen LogP contribution >= 0.6 is 0 Å². The van der Waals surface area contributed by atoms with Crippen LogP contribution in [0.15, 0.2) is 36.5 Å². The highest BCUT2D eigenvalue weighted by Crippen LogP contribution is 2.22. The largest absolute Gasteiger partial charge is 0.491 e. The zero-order chi connectivity index (χ0) is 11.2. The zero-order valence-corrected chi connectivity index (χ0v) is 9.44. The molecule has 0 bridgehead atoms. The van der Waals surface area contributed by atoms with Crippen molar-refractivity contribution in [2.45, 2.75) is 6.42 Å². The fourth-order valence-electron chi connectivity index (χ4n) is 1.62. The van der Waals surface area contributed by atoms with Crippen LogP contribution in [0, 0.1) is 0 Å². The summed E-state index contributed by atoms with van der Waals surface area (Å²) in [5.74, 6) is 0.870. The van der Waals surface area contributed by atoms with E-state index in [1.54, 1.807) is 6.20 Å². The van der Waals surface area contributed by atoms with Gasteiger partial charge in [0.25, 0.3) is 0 Å². The van der Waals surface area contributed by atoms with Gasteiger partial charge in [-0.25, -0.2) is 0 Å². The Hall–Kier alpha value is -1.61. The Morgan fingerprint density at radius 3 is 3.00 bits per heavy atom. The normalized spacial score (nSPS) is 10.6. The average Bonchev–Trinajstić information content (AvgIpc) is 2.35. The molecule has 0 spiro atoms. The van der Waals surface area contributed by atoms with Crippen molar-refractivity contribution in [3.05, 3.63) is 36.5 Å². The van der Waals surface area contributed by atoms with E-state index >= 15 is 0 Å². The van der Waals surface area contributed by atoms with Gasteiger partial charge in [-0.05, 0) is 32.1 Å². The Morgan fingerprint density at radius 2 is 2.12 bits per heavy atom.